The lowest BCUT2D eigenvalue weighted by molar-refractivity contribution is -0.274. The molecule has 0 saturated carbocycles. The number of aromatic nitrogens is 1. The van der Waals surface area contributed by atoms with Crippen molar-refractivity contribution in [3.8, 4) is 17.2 Å². The first-order valence-corrected chi connectivity index (χ1v) is 6.32. The molecule has 3 rings (SSSR count). The van der Waals surface area contributed by atoms with E-state index in [0.29, 0.717) is 5.52 Å². The van der Waals surface area contributed by atoms with E-state index < -0.39 is 18.1 Å². The summed E-state index contributed by atoms with van der Waals surface area (Å²) in [6.07, 6.45) is -4.80. The van der Waals surface area contributed by atoms with E-state index in [9.17, 15) is 18.0 Å². The van der Waals surface area contributed by atoms with Gasteiger partial charge in [-0.2, -0.15) is 0 Å². The van der Waals surface area contributed by atoms with Gasteiger partial charge >= 0.3 is 12.3 Å². The molecule has 0 radical (unpaired) electrons. The lowest BCUT2D eigenvalue weighted by Crippen LogP contribution is -2.17. The van der Waals surface area contributed by atoms with E-state index in [1.165, 1.54) is 30.3 Å². The Kier molecular flexibility index (Phi) is 3.44. The molecule has 1 N–H and O–H groups in total. The van der Waals surface area contributed by atoms with Gasteiger partial charge in [0, 0.05) is 5.56 Å². The number of rotatable bonds is 3. The number of ether oxygens (including phenoxy) is 1. The van der Waals surface area contributed by atoms with Gasteiger partial charge in [0.15, 0.2) is 5.58 Å². The second-order valence-corrected chi connectivity index (χ2v) is 4.58. The molecule has 118 valence electrons. The van der Waals surface area contributed by atoms with Gasteiger partial charge in [0.05, 0.1) is 5.56 Å². The van der Waals surface area contributed by atoms with Crippen molar-refractivity contribution in [1.29, 1.82) is 0 Å². The number of carbonyl (C=O) groups is 1. The largest absolute Gasteiger partial charge is 0.573 e. The number of halogens is 3. The van der Waals surface area contributed by atoms with Crippen LogP contribution in [0.25, 0.3) is 22.6 Å². The summed E-state index contributed by atoms with van der Waals surface area (Å²) in [5.74, 6) is -1.45. The summed E-state index contributed by atoms with van der Waals surface area (Å²) in [6.45, 7) is 0. The molecule has 0 spiro atoms. The first-order chi connectivity index (χ1) is 10.8. The molecule has 1 heterocycles. The zero-order valence-electron chi connectivity index (χ0n) is 11.3. The maximum Gasteiger partial charge on any atom is 0.573 e. The maximum atomic E-state index is 12.2. The van der Waals surface area contributed by atoms with E-state index in [-0.39, 0.29) is 22.6 Å². The molecule has 0 unspecified atom stereocenters. The van der Waals surface area contributed by atoms with Gasteiger partial charge in [0.2, 0.25) is 5.89 Å². The highest BCUT2D eigenvalue weighted by Gasteiger charge is 2.31. The Bertz CT molecular complexity index is 886. The SMILES string of the molecule is O=C(O)c1ccc2nc(-c3cccc(OC(F)(F)F)c3)oc2c1. The molecular formula is C15H8F3NO4. The number of hydrogen-bond acceptors (Lipinski definition) is 4. The molecule has 5 nitrogen and oxygen atoms in total. The Morgan fingerprint density at radius 1 is 1.17 bits per heavy atom. The lowest BCUT2D eigenvalue weighted by Gasteiger charge is -2.08. The van der Waals surface area contributed by atoms with Crippen molar-refractivity contribution in [2.24, 2.45) is 0 Å². The van der Waals surface area contributed by atoms with E-state index in [1.54, 1.807) is 0 Å². The summed E-state index contributed by atoms with van der Waals surface area (Å²) in [5, 5.41) is 8.93. The molecule has 0 fully saturated rings. The topological polar surface area (TPSA) is 72.6 Å². The zero-order chi connectivity index (χ0) is 16.6. The van der Waals surface area contributed by atoms with Crippen molar-refractivity contribution < 1.29 is 32.2 Å². The van der Waals surface area contributed by atoms with Crippen LogP contribution in [0.1, 0.15) is 10.4 Å². The lowest BCUT2D eigenvalue weighted by atomic mass is 10.2. The van der Waals surface area contributed by atoms with Crippen LogP contribution >= 0.6 is 0 Å². The highest BCUT2D eigenvalue weighted by Crippen LogP contribution is 2.29. The predicted octanol–water partition coefficient (Wildman–Crippen LogP) is 4.09. The highest BCUT2D eigenvalue weighted by atomic mass is 19.4. The number of aromatic carboxylic acids is 1. The number of alkyl halides is 3. The van der Waals surface area contributed by atoms with Crippen LogP contribution in [0.5, 0.6) is 5.75 Å². The number of carboxylic acid groups (broad SMARTS) is 1. The summed E-state index contributed by atoms with van der Waals surface area (Å²) >= 11 is 0. The van der Waals surface area contributed by atoms with Gasteiger partial charge in [-0.05, 0) is 36.4 Å². The molecular weight excluding hydrogens is 315 g/mol. The fourth-order valence-electron chi connectivity index (χ4n) is 2.01. The van der Waals surface area contributed by atoms with Gasteiger partial charge in [-0.15, -0.1) is 13.2 Å². The molecule has 0 amide bonds. The van der Waals surface area contributed by atoms with E-state index in [2.05, 4.69) is 9.72 Å². The van der Waals surface area contributed by atoms with Gasteiger partial charge in [0.25, 0.3) is 0 Å². The minimum atomic E-state index is -4.80. The number of carboxylic acids is 1. The minimum absolute atomic E-state index is 0.0226. The Labute approximate surface area is 126 Å². The molecule has 23 heavy (non-hydrogen) atoms. The van der Waals surface area contributed by atoms with Gasteiger partial charge < -0.3 is 14.3 Å². The fourth-order valence-corrected chi connectivity index (χ4v) is 2.01. The number of oxazole rings is 1. The Morgan fingerprint density at radius 2 is 1.96 bits per heavy atom. The zero-order valence-corrected chi connectivity index (χ0v) is 11.3. The van der Waals surface area contributed by atoms with Gasteiger partial charge in [0.1, 0.15) is 11.3 Å². The van der Waals surface area contributed by atoms with E-state index >= 15 is 0 Å². The minimum Gasteiger partial charge on any atom is -0.478 e. The van der Waals surface area contributed by atoms with Gasteiger partial charge in [-0.25, -0.2) is 9.78 Å². The third kappa shape index (κ3) is 3.25. The van der Waals surface area contributed by atoms with Crippen LogP contribution in [0.3, 0.4) is 0 Å². The van der Waals surface area contributed by atoms with Crippen molar-refractivity contribution in [3.63, 3.8) is 0 Å². The number of hydrogen-bond donors (Lipinski definition) is 1. The van der Waals surface area contributed by atoms with Crippen LogP contribution in [0.15, 0.2) is 46.9 Å². The smallest absolute Gasteiger partial charge is 0.478 e. The normalized spacial score (nSPS) is 11.6. The summed E-state index contributed by atoms with van der Waals surface area (Å²) < 4.78 is 46.0. The van der Waals surface area contributed by atoms with Crippen molar-refractivity contribution in [3.05, 3.63) is 48.0 Å². The Hall–Kier alpha value is -3.03. The van der Waals surface area contributed by atoms with Crippen LogP contribution in [0.2, 0.25) is 0 Å². The predicted molar refractivity (Wildman–Crippen MR) is 73.1 cm³/mol. The maximum absolute atomic E-state index is 12.2. The van der Waals surface area contributed by atoms with Crippen LogP contribution in [0.4, 0.5) is 13.2 Å². The second kappa shape index (κ2) is 5.31. The second-order valence-electron chi connectivity index (χ2n) is 4.58. The molecule has 8 heteroatoms. The molecule has 1 aromatic heterocycles. The fraction of sp³-hybridized carbons (Fsp3) is 0.0667. The van der Waals surface area contributed by atoms with Gasteiger partial charge in [-0.1, -0.05) is 6.07 Å². The van der Waals surface area contributed by atoms with E-state index in [1.807, 2.05) is 0 Å². The van der Waals surface area contributed by atoms with Crippen LogP contribution in [-0.2, 0) is 0 Å². The molecule has 0 bridgehead atoms. The van der Waals surface area contributed by atoms with Crippen molar-refractivity contribution in [2.75, 3.05) is 0 Å². The molecule has 0 saturated heterocycles. The Morgan fingerprint density at radius 3 is 2.65 bits per heavy atom. The summed E-state index contributed by atoms with van der Waals surface area (Å²) in [4.78, 5) is 15.0. The molecule has 2 aromatic carbocycles. The third-order valence-corrected chi connectivity index (χ3v) is 2.95. The monoisotopic (exact) mass is 323 g/mol. The van der Waals surface area contributed by atoms with Crippen LogP contribution in [-0.4, -0.2) is 22.4 Å². The first kappa shape index (κ1) is 14.9. The van der Waals surface area contributed by atoms with Crippen LogP contribution in [0, 0.1) is 0 Å². The highest BCUT2D eigenvalue weighted by molar-refractivity contribution is 5.92. The molecule has 3 aromatic rings. The number of benzene rings is 2. The quantitative estimate of drug-likeness (QED) is 0.786. The van der Waals surface area contributed by atoms with E-state index in [0.717, 1.165) is 12.1 Å². The Balaban J connectivity index is 2.00. The summed E-state index contributed by atoms with van der Waals surface area (Å²) in [5.41, 5.74) is 0.920. The average molecular weight is 323 g/mol. The van der Waals surface area contributed by atoms with E-state index in [4.69, 9.17) is 9.52 Å². The first-order valence-electron chi connectivity index (χ1n) is 6.32. The van der Waals surface area contributed by atoms with Crippen molar-refractivity contribution >= 4 is 17.1 Å². The van der Waals surface area contributed by atoms with Crippen molar-refractivity contribution in [1.82, 2.24) is 4.98 Å². The standard InChI is InChI=1S/C15H8F3NO4/c16-15(17,18)23-10-3-1-2-8(6-10)13-19-11-5-4-9(14(20)21)7-12(11)22-13/h1-7H,(H,20,21). The van der Waals surface area contributed by atoms with Crippen LogP contribution < -0.4 is 4.74 Å². The summed E-state index contributed by atoms with van der Waals surface area (Å²) in [7, 11) is 0. The average Bonchev–Trinajstić information content (AvgIpc) is 2.88. The number of fused-ring (bicyclic) bond motifs is 1. The molecule has 0 aliphatic carbocycles. The molecule has 0 atom stereocenters. The summed E-state index contributed by atoms with van der Waals surface area (Å²) in [6, 6.07) is 9.28. The molecule has 0 aliphatic heterocycles. The third-order valence-electron chi connectivity index (χ3n) is 2.95. The van der Waals surface area contributed by atoms with Crippen molar-refractivity contribution in [2.45, 2.75) is 6.36 Å². The van der Waals surface area contributed by atoms with Gasteiger partial charge in [-0.3, -0.25) is 0 Å². The number of nitrogens with zero attached hydrogens (tertiary/aromatic N) is 1. The molecule has 0 aliphatic rings.